The van der Waals surface area contributed by atoms with Crippen LogP contribution < -0.4 is 0 Å². The minimum atomic E-state index is -1.28. The first-order valence-electron chi connectivity index (χ1n) is 23.0. The minimum absolute atomic E-state index is 0. The van der Waals surface area contributed by atoms with Crippen molar-refractivity contribution >= 4 is 22.5 Å². The molecule has 0 spiro atoms. The van der Waals surface area contributed by atoms with E-state index in [4.69, 9.17) is 14.2 Å². The van der Waals surface area contributed by atoms with Crippen LogP contribution in [0, 0.1) is 23.7 Å². The number of hydrogen-bond donors (Lipinski definition) is 4. The second-order valence-corrected chi connectivity index (χ2v) is 18.3. The maximum absolute atomic E-state index is 14.0. The fourth-order valence-electron chi connectivity index (χ4n) is 9.39. The summed E-state index contributed by atoms with van der Waals surface area (Å²) in [5.41, 5.74) is 3.51. The highest BCUT2D eigenvalue weighted by Gasteiger charge is 2.47. The van der Waals surface area contributed by atoms with Crippen LogP contribution in [0.3, 0.4) is 0 Å². The van der Waals surface area contributed by atoms with Crippen molar-refractivity contribution in [3.63, 3.8) is 0 Å². The summed E-state index contributed by atoms with van der Waals surface area (Å²) in [4.78, 5) is 31.6. The van der Waals surface area contributed by atoms with Crippen LogP contribution >= 0.6 is 0 Å². The van der Waals surface area contributed by atoms with E-state index in [9.17, 15) is 30.0 Å². The smallest absolute Gasteiger partial charge is 0.308 e. The lowest BCUT2D eigenvalue weighted by atomic mass is 9.79. The predicted molar refractivity (Wildman–Crippen MR) is 255 cm³/mol. The van der Waals surface area contributed by atoms with Gasteiger partial charge in [0.25, 0.3) is 0 Å². The van der Waals surface area contributed by atoms with Crippen LogP contribution in [-0.2, 0) is 36.9 Å². The van der Waals surface area contributed by atoms with Crippen molar-refractivity contribution in [2.45, 2.75) is 130 Å². The number of allylic oxidation sites excluding steroid dienone is 3. The van der Waals surface area contributed by atoms with Crippen LogP contribution in [0.1, 0.15) is 79.0 Å². The number of esters is 1. The van der Waals surface area contributed by atoms with Crippen LogP contribution in [0.15, 0.2) is 103 Å². The number of aliphatic hydroxyl groups is 4. The quantitative estimate of drug-likeness (QED) is 0.110. The molecule has 0 radical (unpaired) electrons. The fraction of sp³-hybridized carbons (Fsp3) is 0.538. The first-order chi connectivity index (χ1) is 31.2. The van der Waals surface area contributed by atoms with Gasteiger partial charge in [-0.2, -0.15) is 0 Å². The van der Waals surface area contributed by atoms with Gasteiger partial charge in [-0.3, -0.25) is 14.5 Å². The van der Waals surface area contributed by atoms with Crippen LogP contribution in [-0.4, -0.2) is 133 Å². The summed E-state index contributed by atoms with van der Waals surface area (Å²) in [6.07, 6.45) is 0.957. The number of carbonyl (C=O) groups is 2. The van der Waals surface area contributed by atoms with E-state index in [0.717, 1.165) is 33.3 Å². The Morgan fingerprint density at radius 1 is 0.909 bits per heavy atom. The van der Waals surface area contributed by atoms with Gasteiger partial charge in [-0.1, -0.05) is 118 Å². The number of carbonyl (C=O) groups excluding carboxylic acids is 2. The van der Waals surface area contributed by atoms with E-state index in [1.165, 1.54) is 0 Å². The van der Waals surface area contributed by atoms with Crippen molar-refractivity contribution in [3.8, 4) is 5.69 Å². The number of benzene rings is 3. The maximum Gasteiger partial charge on any atom is 0.308 e. The molecular formula is C52H73N5O9. The van der Waals surface area contributed by atoms with Crippen molar-refractivity contribution in [1.82, 2.24) is 24.8 Å². The average Bonchev–Trinajstić information content (AvgIpc) is 3.76. The predicted octanol–water partition coefficient (Wildman–Crippen LogP) is 6.28. The Bertz CT molecular complexity index is 2210. The first kappa shape index (κ1) is 52.3. The Labute approximate surface area is 390 Å². The number of cyclic esters (lactones) is 1. The number of likely N-dealkylation sites (N-methyl/N-ethyl adjacent to an activating group) is 1. The van der Waals surface area contributed by atoms with E-state index in [1.807, 2.05) is 75.5 Å². The number of nitrogens with zero attached hydrogens (tertiary/aromatic N) is 5. The van der Waals surface area contributed by atoms with E-state index in [0.29, 0.717) is 38.9 Å². The van der Waals surface area contributed by atoms with Gasteiger partial charge in [0.05, 0.1) is 61.1 Å². The zero-order valence-electron chi connectivity index (χ0n) is 38.9. The molecule has 4 aromatic rings. The lowest BCUT2D eigenvalue weighted by Gasteiger charge is -2.46. The van der Waals surface area contributed by atoms with Crippen LogP contribution in [0.25, 0.3) is 16.5 Å². The van der Waals surface area contributed by atoms with Gasteiger partial charge in [-0.15, -0.1) is 5.10 Å². The molecule has 12 atom stereocenters. The van der Waals surface area contributed by atoms with E-state index in [-0.39, 0.29) is 26.2 Å². The van der Waals surface area contributed by atoms with Crippen LogP contribution in [0.2, 0.25) is 0 Å². The first-order valence-corrected chi connectivity index (χ1v) is 23.0. The Kier molecular flexibility index (Phi) is 19.3. The molecule has 14 heteroatoms. The molecule has 3 aromatic carbocycles. The molecule has 0 aliphatic carbocycles. The monoisotopic (exact) mass is 912 g/mol. The number of rotatable bonds is 13. The molecule has 0 bridgehead atoms. The molecule has 3 heterocycles. The molecule has 6 rings (SSSR count). The van der Waals surface area contributed by atoms with Gasteiger partial charge < -0.3 is 39.5 Å². The molecule has 1 aromatic heterocycles. The second kappa shape index (κ2) is 24.4. The summed E-state index contributed by atoms with van der Waals surface area (Å²) in [5.74, 6) is -2.89. The van der Waals surface area contributed by atoms with Crippen molar-refractivity contribution in [2.24, 2.45) is 23.7 Å². The molecule has 0 amide bonds. The summed E-state index contributed by atoms with van der Waals surface area (Å²) >= 11 is 0. The number of ketones is 1. The van der Waals surface area contributed by atoms with Crippen molar-refractivity contribution in [2.75, 3.05) is 27.2 Å². The molecule has 360 valence electrons. The molecule has 2 aliphatic rings. The topological polar surface area (TPSA) is 180 Å². The summed E-state index contributed by atoms with van der Waals surface area (Å²) < 4.78 is 20.8. The minimum Gasteiger partial charge on any atom is -0.462 e. The number of fused-ring (bicyclic) bond motifs is 1. The van der Waals surface area contributed by atoms with E-state index in [1.54, 1.807) is 49.7 Å². The molecule has 0 saturated carbocycles. The SMILES string of the molecule is C.CC[C@H]1OC(=O)C[C@@H](O)[C@H](C)[C@@H](O[C@@H]2O[C@H](C)[C@@H](O)C(N(C)C)C2O)[C@@H](CCN(Cc2ccccc2)Cc2cn(-c3cccc4ccccc34)nn2)C[C@@H](C)C(=O)/C=C/C(C)=C/[C@@H]1CO. The van der Waals surface area contributed by atoms with Crippen LogP contribution in [0.5, 0.6) is 0 Å². The lowest BCUT2D eigenvalue weighted by Crippen LogP contribution is -2.63. The third-order valence-corrected chi connectivity index (χ3v) is 13.2. The summed E-state index contributed by atoms with van der Waals surface area (Å²) in [6.45, 7) is 10.4. The number of ether oxygens (including phenoxy) is 3. The Balaban J connectivity index is 0.00000817. The Morgan fingerprint density at radius 3 is 2.33 bits per heavy atom. The average molecular weight is 912 g/mol. The largest absolute Gasteiger partial charge is 0.462 e. The fourth-order valence-corrected chi connectivity index (χ4v) is 9.39. The van der Waals surface area contributed by atoms with E-state index < -0.39 is 78.6 Å². The highest BCUT2D eigenvalue weighted by molar-refractivity contribution is 5.92. The number of hydrogen-bond acceptors (Lipinski definition) is 13. The number of aliphatic hydroxyl groups excluding tert-OH is 4. The molecule has 1 fully saturated rings. The van der Waals surface area contributed by atoms with Crippen molar-refractivity contribution < 1.29 is 44.2 Å². The Hall–Kier alpha value is -4.64. The highest BCUT2D eigenvalue weighted by Crippen LogP contribution is 2.35. The van der Waals surface area contributed by atoms with Gasteiger partial charge in [-0.05, 0) is 82.8 Å². The molecular weight excluding hydrogens is 839 g/mol. The van der Waals surface area contributed by atoms with Gasteiger partial charge in [-0.25, -0.2) is 4.68 Å². The summed E-state index contributed by atoms with van der Waals surface area (Å²) in [5, 5.41) is 56.4. The van der Waals surface area contributed by atoms with E-state index in [2.05, 4.69) is 45.5 Å². The molecule has 1 saturated heterocycles. The van der Waals surface area contributed by atoms with Crippen molar-refractivity contribution in [3.05, 3.63) is 114 Å². The van der Waals surface area contributed by atoms with Crippen molar-refractivity contribution in [1.29, 1.82) is 0 Å². The third kappa shape index (κ3) is 13.3. The van der Waals surface area contributed by atoms with Gasteiger partial charge in [0, 0.05) is 36.2 Å². The zero-order chi connectivity index (χ0) is 46.8. The van der Waals surface area contributed by atoms with Gasteiger partial charge in [0.1, 0.15) is 12.2 Å². The maximum atomic E-state index is 14.0. The molecule has 2 aliphatic heterocycles. The molecule has 66 heavy (non-hydrogen) atoms. The molecule has 14 nitrogen and oxygen atoms in total. The molecule has 2 unspecified atom stereocenters. The van der Waals surface area contributed by atoms with E-state index >= 15 is 0 Å². The summed E-state index contributed by atoms with van der Waals surface area (Å²) in [6, 6.07) is 23.6. The van der Waals surface area contributed by atoms with Gasteiger partial charge >= 0.3 is 5.97 Å². The lowest BCUT2D eigenvalue weighted by molar-refractivity contribution is -0.304. The standard InChI is InChI=1S/C51H69N5O9.CH4/c1-8-45-39(31-57)25-32(2)21-22-43(58)33(3)26-38(50(34(4)44(59)27-46(60)64-45)65-51-49(62)47(54(6)7)48(61)35(5)63-51)23-24-55(28-36-15-10-9-11-16-36)29-40-30-56(53-52-40)42-20-14-18-37-17-12-13-19-41(37)42;/h9-22,25,30,33-35,38-39,44-45,47-51,57,59,61-62H,8,23-24,26-29,31H2,1-7H3;1H4/b22-21+,32-25+;/t33-,34+,35-,38+,39-,44-,45-,47?,48-,49?,50-,51+;/m1./s1. The Morgan fingerprint density at radius 2 is 1.62 bits per heavy atom. The van der Waals surface area contributed by atoms with Crippen LogP contribution in [0.4, 0.5) is 0 Å². The second-order valence-electron chi connectivity index (χ2n) is 18.3. The summed E-state index contributed by atoms with van der Waals surface area (Å²) in [7, 11) is 3.54. The van der Waals surface area contributed by atoms with Gasteiger partial charge in [0.15, 0.2) is 12.1 Å². The normalized spacial score (nSPS) is 30.7. The third-order valence-electron chi connectivity index (χ3n) is 13.2. The molecule has 4 N–H and O–H groups in total. The highest BCUT2D eigenvalue weighted by atomic mass is 16.7. The van der Waals surface area contributed by atoms with Gasteiger partial charge in [0.2, 0.25) is 0 Å². The zero-order valence-corrected chi connectivity index (χ0v) is 38.9. The number of aromatic nitrogens is 3.